The molecule has 2 N–H and O–H groups in total. The van der Waals surface area contributed by atoms with Gasteiger partial charge >= 0.3 is 0 Å². The van der Waals surface area contributed by atoms with Gasteiger partial charge in [-0.3, -0.25) is 9.69 Å². The Labute approximate surface area is 197 Å². The van der Waals surface area contributed by atoms with Gasteiger partial charge in [0, 0.05) is 46.6 Å². The largest absolute Gasteiger partial charge is 0.384 e. The molecule has 164 valence electrons. The van der Waals surface area contributed by atoms with Crippen LogP contribution in [0.3, 0.4) is 0 Å². The average Bonchev–Trinajstić information content (AvgIpc) is 2.81. The molecule has 4 rings (SSSR count). The Morgan fingerprint density at radius 2 is 1.75 bits per heavy atom. The van der Waals surface area contributed by atoms with E-state index >= 15 is 0 Å². The van der Waals surface area contributed by atoms with Crippen molar-refractivity contribution in [3.63, 3.8) is 0 Å². The van der Waals surface area contributed by atoms with Crippen LogP contribution in [0.15, 0.2) is 75.7 Å². The number of ketones is 1. The number of hydrogen-bond acceptors (Lipinski definition) is 5. The Kier molecular flexibility index (Phi) is 6.38. The number of halogens is 1. The Morgan fingerprint density at radius 1 is 1.09 bits per heavy atom. The van der Waals surface area contributed by atoms with E-state index < -0.39 is 5.92 Å². The first-order valence-electron chi connectivity index (χ1n) is 11.1. The number of Topliss-reactive ketones (excluding diaryl/α,β-unsaturated/α-hetero) is 1. The van der Waals surface area contributed by atoms with Crippen molar-refractivity contribution in [2.24, 2.45) is 5.73 Å². The molecule has 0 radical (unpaired) electrons. The number of carbonyl (C=O) groups is 1. The Hall–Kier alpha value is -3.04. The molecule has 1 heterocycles. The van der Waals surface area contributed by atoms with Crippen LogP contribution in [0, 0.1) is 11.3 Å². The summed E-state index contributed by atoms with van der Waals surface area (Å²) in [6, 6.07) is 18.3. The topological polar surface area (TPSA) is 73.4 Å². The third-order valence-electron chi connectivity index (χ3n) is 6.35. The molecule has 2 aliphatic rings. The van der Waals surface area contributed by atoms with Gasteiger partial charge in [0.1, 0.15) is 5.82 Å². The summed E-state index contributed by atoms with van der Waals surface area (Å²) in [6.07, 6.45) is 2.04. The van der Waals surface area contributed by atoms with E-state index in [0.29, 0.717) is 23.4 Å². The van der Waals surface area contributed by atoms with Gasteiger partial charge in [0.15, 0.2) is 5.78 Å². The number of anilines is 2. The molecule has 1 aliphatic carbocycles. The van der Waals surface area contributed by atoms with Crippen LogP contribution in [0.2, 0.25) is 0 Å². The summed E-state index contributed by atoms with van der Waals surface area (Å²) in [6.45, 7) is 6.10. The van der Waals surface area contributed by atoms with E-state index in [4.69, 9.17) is 5.73 Å². The van der Waals surface area contributed by atoms with Crippen molar-refractivity contribution < 1.29 is 4.79 Å². The normalized spacial score (nSPS) is 18.5. The Balaban J connectivity index is 1.86. The number of hydrogen-bond donors (Lipinski definition) is 1. The molecule has 32 heavy (non-hydrogen) atoms. The van der Waals surface area contributed by atoms with E-state index in [1.165, 1.54) is 0 Å². The van der Waals surface area contributed by atoms with Crippen LogP contribution in [-0.2, 0) is 4.79 Å². The summed E-state index contributed by atoms with van der Waals surface area (Å²) in [7, 11) is 0. The van der Waals surface area contributed by atoms with E-state index in [-0.39, 0.29) is 5.78 Å². The molecule has 5 nitrogen and oxygen atoms in total. The molecule has 1 unspecified atom stereocenters. The third-order valence-corrected chi connectivity index (χ3v) is 6.88. The SMILES string of the molecule is CCN(CC)c1ccc(C2C(C#N)=C(N)N(c3ccc(Br)cc3)C3=C2C(=O)CCC3)cc1. The molecular weight excluding hydrogens is 464 g/mol. The first-order chi connectivity index (χ1) is 15.5. The minimum atomic E-state index is -0.430. The molecule has 0 fully saturated rings. The zero-order valence-electron chi connectivity index (χ0n) is 18.4. The van der Waals surface area contributed by atoms with Crippen LogP contribution in [0.1, 0.15) is 44.6 Å². The first-order valence-corrected chi connectivity index (χ1v) is 11.9. The highest BCUT2D eigenvalue weighted by atomic mass is 79.9. The summed E-state index contributed by atoms with van der Waals surface area (Å²) in [5.41, 5.74) is 11.6. The molecule has 6 heteroatoms. The van der Waals surface area contributed by atoms with Gasteiger partial charge in [-0.1, -0.05) is 28.1 Å². The highest BCUT2D eigenvalue weighted by molar-refractivity contribution is 9.10. The van der Waals surface area contributed by atoms with Gasteiger partial charge in [0.2, 0.25) is 0 Å². The lowest BCUT2D eigenvalue weighted by atomic mass is 9.75. The predicted molar refractivity (Wildman–Crippen MR) is 132 cm³/mol. The fourth-order valence-corrected chi connectivity index (χ4v) is 5.04. The van der Waals surface area contributed by atoms with Crippen LogP contribution in [0.4, 0.5) is 11.4 Å². The molecule has 0 saturated carbocycles. The Morgan fingerprint density at radius 3 is 2.34 bits per heavy atom. The summed E-state index contributed by atoms with van der Waals surface area (Å²) >= 11 is 3.47. The van der Waals surface area contributed by atoms with Gasteiger partial charge in [-0.05, 0) is 68.7 Å². The van der Waals surface area contributed by atoms with Gasteiger partial charge in [-0.2, -0.15) is 5.26 Å². The molecule has 0 spiro atoms. The van der Waals surface area contributed by atoms with Crippen LogP contribution in [-0.4, -0.2) is 18.9 Å². The van der Waals surface area contributed by atoms with E-state index in [1.54, 1.807) is 0 Å². The molecule has 1 atom stereocenters. The van der Waals surface area contributed by atoms with Crippen LogP contribution in [0.5, 0.6) is 0 Å². The molecule has 0 amide bonds. The summed E-state index contributed by atoms with van der Waals surface area (Å²) in [5.74, 6) is 0.0766. The third kappa shape index (κ3) is 3.82. The van der Waals surface area contributed by atoms with Crippen molar-refractivity contribution in [2.45, 2.75) is 39.0 Å². The molecule has 0 aromatic heterocycles. The van der Waals surface area contributed by atoms with Crippen molar-refractivity contribution in [1.82, 2.24) is 0 Å². The average molecular weight is 491 g/mol. The van der Waals surface area contributed by atoms with Crippen molar-refractivity contribution in [3.05, 3.63) is 81.2 Å². The summed E-state index contributed by atoms with van der Waals surface area (Å²) in [4.78, 5) is 17.4. The summed E-state index contributed by atoms with van der Waals surface area (Å²) in [5, 5.41) is 10.1. The van der Waals surface area contributed by atoms with E-state index in [1.807, 2.05) is 41.3 Å². The molecule has 2 aromatic rings. The standard InChI is InChI=1S/C26H27BrN4O/c1-3-30(4-2)19-12-8-17(9-13-19)24-21(16-28)26(29)31(20-14-10-18(27)11-15-20)22-6-5-7-23(32)25(22)24/h8-15,24H,3-7,29H2,1-2H3. The second-order valence-electron chi connectivity index (χ2n) is 8.06. The van der Waals surface area contributed by atoms with Crippen LogP contribution >= 0.6 is 15.9 Å². The lowest BCUT2D eigenvalue weighted by Crippen LogP contribution is -2.38. The predicted octanol–water partition coefficient (Wildman–Crippen LogP) is 5.60. The maximum Gasteiger partial charge on any atom is 0.161 e. The van der Waals surface area contributed by atoms with E-state index in [9.17, 15) is 10.1 Å². The second kappa shape index (κ2) is 9.22. The van der Waals surface area contributed by atoms with Gasteiger partial charge < -0.3 is 10.6 Å². The highest BCUT2D eigenvalue weighted by Crippen LogP contribution is 2.46. The lowest BCUT2D eigenvalue weighted by molar-refractivity contribution is -0.116. The molecule has 0 bridgehead atoms. The second-order valence-corrected chi connectivity index (χ2v) is 8.97. The van der Waals surface area contributed by atoms with Crippen molar-refractivity contribution >= 4 is 33.1 Å². The zero-order chi connectivity index (χ0) is 22.8. The van der Waals surface area contributed by atoms with Crippen LogP contribution < -0.4 is 15.5 Å². The van der Waals surface area contributed by atoms with E-state index in [0.717, 1.165) is 53.0 Å². The smallest absolute Gasteiger partial charge is 0.161 e. The number of nitriles is 1. The number of benzene rings is 2. The number of rotatable bonds is 5. The molecule has 2 aromatic carbocycles. The fourth-order valence-electron chi connectivity index (χ4n) is 4.77. The summed E-state index contributed by atoms with van der Waals surface area (Å²) < 4.78 is 0.960. The molecule has 1 aliphatic heterocycles. The van der Waals surface area contributed by atoms with E-state index in [2.05, 4.69) is 52.9 Å². The quantitative estimate of drug-likeness (QED) is 0.590. The minimum Gasteiger partial charge on any atom is -0.384 e. The van der Waals surface area contributed by atoms with Gasteiger partial charge in [0.25, 0.3) is 0 Å². The number of allylic oxidation sites excluding steroid dienone is 3. The fraction of sp³-hybridized carbons (Fsp3) is 0.308. The van der Waals surface area contributed by atoms with Gasteiger partial charge in [-0.15, -0.1) is 0 Å². The van der Waals surface area contributed by atoms with Crippen LogP contribution in [0.25, 0.3) is 0 Å². The Bertz CT molecular complexity index is 1120. The van der Waals surface area contributed by atoms with Crippen molar-refractivity contribution in [1.29, 1.82) is 5.26 Å². The number of carbonyl (C=O) groups excluding carboxylic acids is 1. The maximum absolute atomic E-state index is 13.2. The van der Waals surface area contributed by atoms with Gasteiger partial charge in [-0.25, -0.2) is 0 Å². The highest BCUT2D eigenvalue weighted by Gasteiger charge is 2.40. The monoisotopic (exact) mass is 490 g/mol. The minimum absolute atomic E-state index is 0.103. The maximum atomic E-state index is 13.2. The zero-order valence-corrected chi connectivity index (χ0v) is 20.0. The first kappa shape index (κ1) is 22.2. The lowest BCUT2D eigenvalue weighted by Gasteiger charge is -2.39. The molecule has 0 saturated heterocycles. The number of nitrogens with two attached hydrogens (primary N) is 1. The van der Waals surface area contributed by atoms with Crippen molar-refractivity contribution in [3.8, 4) is 6.07 Å². The van der Waals surface area contributed by atoms with Gasteiger partial charge in [0.05, 0.1) is 17.6 Å². The molecular formula is C26H27BrN4O. The number of nitrogens with zero attached hydrogens (tertiary/aromatic N) is 3. The van der Waals surface area contributed by atoms with Crippen molar-refractivity contribution in [2.75, 3.05) is 22.9 Å².